The van der Waals surface area contributed by atoms with Crippen LogP contribution in [-0.4, -0.2) is 29.5 Å². The van der Waals surface area contributed by atoms with Gasteiger partial charge in [-0.2, -0.15) is 5.12 Å². The van der Waals surface area contributed by atoms with Gasteiger partial charge in [0, 0.05) is 0 Å². The van der Waals surface area contributed by atoms with Gasteiger partial charge >= 0.3 is 0 Å². The van der Waals surface area contributed by atoms with Crippen LogP contribution in [0.4, 0.5) is 10.3 Å². The first kappa shape index (κ1) is 18.9. The minimum absolute atomic E-state index is 0.0383. The summed E-state index contributed by atoms with van der Waals surface area (Å²) in [4.78, 5) is 33.3. The average Bonchev–Trinajstić information content (AvgIpc) is 3.29. The SMILES string of the molecule is CC[C@@H](c1nc2ccccc2c(=O)n1-c1ccccc1)N(F)c1ncnc2nc[nH]c12. The summed E-state index contributed by atoms with van der Waals surface area (Å²) in [6.45, 7) is 1.83. The second-order valence-corrected chi connectivity index (χ2v) is 7.00. The number of aromatic amines is 1. The van der Waals surface area contributed by atoms with E-state index < -0.39 is 6.04 Å². The Morgan fingerprint density at radius 1 is 1.06 bits per heavy atom. The van der Waals surface area contributed by atoms with Crippen LogP contribution in [0.25, 0.3) is 27.8 Å². The van der Waals surface area contributed by atoms with Crippen molar-refractivity contribution < 1.29 is 4.48 Å². The summed E-state index contributed by atoms with van der Waals surface area (Å²) >= 11 is 0. The van der Waals surface area contributed by atoms with Gasteiger partial charge in [-0.15, -0.1) is 0 Å². The highest BCUT2D eigenvalue weighted by atomic mass is 19.2. The van der Waals surface area contributed by atoms with Gasteiger partial charge in [-0.05, 0) is 30.7 Å². The van der Waals surface area contributed by atoms with Gasteiger partial charge in [0.05, 0.1) is 22.9 Å². The van der Waals surface area contributed by atoms with Gasteiger partial charge in [0.2, 0.25) is 0 Å². The first-order valence-corrected chi connectivity index (χ1v) is 9.85. The van der Waals surface area contributed by atoms with Gasteiger partial charge in [0.25, 0.3) is 5.56 Å². The van der Waals surface area contributed by atoms with E-state index in [2.05, 4.69) is 19.9 Å². The molecule has 0 radical (unpaired) electrons. The molecule has 0 aliphatic carbocycles. The van der Waals surface area contributed by atoms with E-state index in [4.69, 9.17) is 4.98 Å². The topological polar surface area (TPSA) is 92.6 Å². The Morgan fingerprint density at radius 3 is 2.65 bits per heavy atom. The van der Waals surface area contributed by atoms with E-state index in [-0.39, 0.29) is 17.2 Å². The summed E-state index contributed by atoms with van der Waals surface area (Å²) in [6.07, 6.45) is 3.04. The molecule has 1 atom stereocenters. The minimum Gasteiger partial charge on any atom is -0.340 e. The molecule has 0 amide bonds. The van der Waals surface area contributed by atoms with Crippen LogP contribution in [0, 0.1) is 0 Å². The molecule has 8 nitrogen and oxygen atoms in total. The molecular weight excluding hydrogens is 397 g/mol. The fourth-order valence-corrected chi connectivity index (χ4v) is 3.71. The van der Waals surface area contributed by atoms with Crippen molar-refractivity contribution in [1.82, 2.24) is 29.5 Å². The zero-order valence-electron chi connectivity index (χ0n) is 16.6. The first-order valence-electron chi connectivity index (χ1n) is 9.85. The van der Waals surface area contributed by atoms with Crippen molar-refractivity contribution in [2.45, 2.75) is 19.4 Å². The molecule has 0 saturated heterocycles. The normalized spacial score (nSPS) is 12.3. The number of rotatable bonds is 5. The molecule has 0 unspecified atom stereocenters. The number of imidazole rings is 1. The lowest BCUT2D eigenvalue weighted by molar-refractivity contribution is 0.347. The molecule has 5 rings (SSSR count). The number of H-pyrrole nitrogens is 1. The van der Waals surface area contributed by atoms with Gasteiger partial charge in [0.1, 0.15) is 23.7 Å². The third-order valence-electron chi connectivity index (χ3n) is 5.18. The summed E-state index contributed by atoms with van der Waals surface area (Å²) < 4.78 is 17.3. The highest BCUT2D eigenvalue weighted by Gasteiger charge is 2.29. The number of benzene rings is 2. The average molecular weight is 415 g/mol. The van der Waals surface area contributed by atoms with Crippen LogP contribution in [0.5, 0.6) is 0 Å². The van der Waals surface area contributed by atoms with Crippen molar-refractivity contribution in [2.24, 2.45) is 0 Å². The quantitative estimate of drug-likeness (QED) is 0.438. The molecule has 1 N–H and O–H groups in total. The highest BCUT2D eigenvalue weighted by Crippen LogP contribution is 2.32. The van der Waals surface area contributed by atoms with Crippen molar-refractivity contribution in [3.63, 3.8) is 0 Å². The van der Waals surface area contributed by atoms with Crippen LogP contribution in [0.3, 0.4) is 0 Å². The molecule has 3 aromatic heterocycles. The van der Waals surface area contributed by atoms with Crippen LogP contribution < -0.4 is 10.7 Å². The highest BCUT2D eigenvalue weighted by molar-refractivity contribution is 5.82. The standard InChI is InChI=1S/C22H18FN7O/c1-2-17(30(23)21-18-19(25-12-24-18)26-13-27-21)20-28-16-11-7-6-10-15(16)22(31)29(20)14-8-4-3-5-9-14/h3-13,17H,2H2,1H3,(H,24,25,26,27)/t17-/m0/s1. The molecule has 5 aromatic rings. The Labute approximate surface area is 176 Å². The fraction of sp³-hybridized carbons (Fsp3) is 0.136. The van der Waals surface area contributed by atoms with Crippen LogP contribution in [0.2, 0.25) is 0 Å². The van der Waals surface area contributed by atoms with E-state index >= 15 is 4.48 Å². The van der Waals surface area contributed by atoms with Gasteiger partial charge in [-0.3, -0.25) is 9.36 Å². The second kappa shape index (κ2) is 7.60. The molecule has 154 valence electrons. The molecule has 0 fully saturated rings. The number of anilines is 1. The molecule has 0 aliphatic rings. The minimum atomic E-state index is -0.876. The van der Waals surface area contributed by atoms with E-state index in [9.17, 15) is 4.79 Å². The summed E-state index contributed by atoms with van der Waals surface area (Å²) in [5, 5.41) is 0.992. The second-order valence-electron chi connectivity index (χ2n) is 7.00. The Morgan fingerprint density at radius 2 is 1.84 bits per heavy atom. The number of hydrogen-bond acceptors (Lipinski definition) is 6. The molecule has 31 heavy (non-hydrogen) atoms. The third kappa shape index (κ3) is 3.10. The number of nitrogens with zero attached hydrogens (tertiary/aromatic N) is 6. The fourth-order valence-electron chi connectivity index (χ4n) is 3.71. The summed E-state index contributed by atoms with van der Waals surface area (Å²) in [6, 6.07) is 15.3. The van der Waals surface area contributed by atoms with Crippen LogP contribution in [0.1, 0.15) is 25.2 Å². The van der Waals surface area contributed by atoms with Crippen LogP contribution in [0.15, 0.2) is 72.0 Å². The monoisotopic (exact) mass is 415 g/mol. The lowest BCUT2D eigenvalue weighted by Crippen LogP contribution is -2.31. The van der Waals surface area contributed by atoms with Crippen molar-refractivity contribution in [2.75, 3.05) is 5.12 Å². The smallest absolute Gasteiger partial charge is 0.266 e. The molecular formula is C22H18FN7O. The maximum Gasteiger partial charge on any atom is 0.266 e. The van der Waals surface area contributed by atoms with Crippen LogP contribution in [-0.2, 0) is 0 Å². The maximum atomic E-state index is 15.9. The molecule has 9 heteroatoms. The summed E-state index contributed by atoms with van der Waals surface area (Å²) in [7, 11) is 0. The molecule has 3 heterocycles. The van der Waals surface area contributed by atoms with E-state index in [1.165, 1.54) is 17.2 Å². The van der Waals surface area contributed by atoms with Crippen molar-refractivity contribution >= 4 is 27.9 Å². The van der Waals surface area contributed by atoms with Crippen molar-refractivity contribution in [1.29, 1.82) is 0 Å². The third-order valence-corrected chi connectivity index (χ3v) is 5.18. The number of fused-ring (bicyclic) bond motifs is 2. The van der Waals surface area contributed by atoms with E-state index in [1.807, 2.05) is 25.1 Å². The van der Waals surface area contributed by atoms with Gasteiger partial charge in [-0.1, -0.05) is 41.7 Å². The van der Waals surface area contributed by atoms with Gasteiger partial charge < -0.3 is 4.98 Å². The number of aromatic nitrogens is 6. The summed E-state index contributed by atoms with van der Waals surface area (Å²) in [5.41, 5.74) is 1.60. The molecule has 2 aromatic carbocycles. The number of halogens is 1. The van der Waals surface area contributed by atoms with E-state index in [0.29, 0.717) is 39.3 Å². The zero-order valence-corrected chi connectivity index (χ0v) is 16.6. The lowest BCUT2D eigenvalue weighted by atomic mass is 10.1. The number of nitrogens with one attached hydrogen (secondary N) is 1. The summed E-state index contributed by atoms with van der Waals surface area (Å²) in [5.74, 6) is 0.322. The molecule has 0 aliphatic heterocycles. The Kier molecular flexibility index (Phi) is 4.62. The zero-order chi connectivity index (χ0) is 21.4. The Bertz CT molecular complexity index is 1430. The maximum absolute atomic E-state index is 15.9. The number of hydrogen-bond donors (Lipinski definition) is 1. The Balaban J connectivity index is 1.76. The molecule has 0 saturated carbocycles. The predicted octanol–water partition coefficient (Wildman–Crippen LogP) is 3.89. The molecule has 0 bridgehead atoms. The van der Waals surface area contributed by atoms with Gasteiger partial charge in [0.15, 0.2) is 11.5 Å². The molecule has 0 spiro atoms. The van der Waals surface area contributed by atoms with Gasteiger partial charge in [-0.25, -0.2) is 19.9 Å². The van der Waals surface area contributed by atoms with E-state index in [1.54, 1.807) is 36.4 Å². The first-order chi connectivity index (χ1) is 15.2. The predicted molar refractivity (Wildman–Crippen MR) is 116 cm³/mol. The number of para-hydroxylation sites is 2. The largest absolute Gasteiger partial charge is 0.340 e. The van der Waals surface area contributed by atoms with Crippen LogP contribution >= 0.6 is 0 Å². The van der Waals surface area contributed by atoms with Crippen molar-refractivity contribution in [3.8, 4) is 5.69 Å². The van der Waals surface area contributed by atoms with Crippen molar-refractivity contribution in [3.05, 3.63) is 83.4 Å². The lowest BCUT2D eigenvalue weighted by Gasteiger charge is -2.25. The Hall–Kier alpha value is -4.14. The van der Waals surface area contributed by atoms with E-state index in [0.717, 1.165) is 0 Å².